The van der Waals surface area contributed by atoms with E-state index in [1.165, 1.54) is 17.0 Å². The second-order valence-corrected chi connectivity index (χ2v) is 11.4. The van der Waals surface area contributed by atoms with Crippen molar-refractivity contribution in [3.05, 3.63) is 95.8 Å². The molecule has 7 nitrogen and oxygen atoms in total. The zero-order valence-electron chi connectivity index (χ0n) is 22.8. The first-order valence-electron chi connectivity index (χ1n) is 13.1. The van der Waals surface area contributed by atoms with Crippen LogP contribution in [0.4, 0.5) is 10.1 Å². The molecule has 0 aromatic heterocycles. The number of para-hydroxylation sites is 1. The van der Waals surface area contributed by atoms with Crippen LogP contribution in [0.15, 0.2) is 83.8 Å². The normalized spacial score (nSPS) is 12.8. The minimum Gasteiger partial charge on any atom is -0.352 e. The van der Waals surface area contributed by atoms with Gasteiger partial charge in [-0.1, -0.05) is 56.3 Å². The molecule has 0 aliphatic carbocycles. The third-order valence-corrected chi connectivity index (χ3v) is 8.50. The summed E-state index contributed by atoms with van der Waals surface area (Å²) in [7, 11) is -4.24. The van der Waals surface area contributed by atoms with E-state index in [0.717, 1.165) is 34.0 Å². The predicted octanol–water partition coefficient (Wildman–Crippen LogP) is 5.05. The number of carbonyl (C=O) groups is 2. The summed E-state index contributed by atoms with van der Waals surface area (Å²) in [5.41, 5.74) is 2.09. The van der Waals surface area contributed by atoms with Crippen molar-refractivity contribution in [1.82, 2.24) is 10.2 Å². The van der Waals surface area contributed by atoms with Gasteiger partial charge in [0.15, 0.2) is 0 Å². The molecule has 0 unspecified atom stereocenters. The molecule has 3 rings (SSSR count). The predicted molar refractivity (Wildman–Crippen MR) is 151 cm³/mol. The number of anilines is 1. The SMILES string of the molecule is CC[C@@H](C)NC(=O)[C@@H](CC)N(Cc1ccccc1C)C(=O)CN(c1ccccc1)S(=O)(=O)c1ccc(F)cc1. The van der Waals surface area contributed by atoms with Gasteiger partial charge in [-0.2, -0.15) is 0 Å². The lowest BCUT2D eigenvalue weighted by Crippen LogP contribution is -2.53. The van der Waals surface area contributed by atoms with Gasteiger partial charge in [0, 0.05) is 12.6 Å². The second kappa shape index (κ2) is 13.4. The fourth-order valence-electron chi connectivity index (χ4n) is 4.19. The van der Waals surface area contributed by atoms with Crippen molar-refractivity contribution in [3.63, 3.8) is 0 Å². The molecule has 0 bridgehead atoms. The van der Waals surface area contributed by atoms with E-state index < -0.39 is 34.3 Å². The van der Waals surface area contributed by atoms with E-state index in [1.54, 1.807) is 30.3 Å². The summed E-state index contributed by atoms with van der Waals surface area (Å²) >= 11 is 0. The molecule has 0 saturated carbocycles. The van der Waals surface area contributed by atoms with Gasteiger partial charge < -0.3 is 10.2 Å². The number of benzene rings is 3. The van der Waals surface area contributed by atoms with E-state index in [2.05, 4.69) is 5.32 Å². The van der Waals surface area contributed by atoms with Crippen molar-refractivity contribution in [3.8, 4) is 0 Å². The number of hydrogen-bond donors (Lipinski definition) is 1. The summed E-state index contributed by atoms with van der Waals surface area (Å²) in [6.45, 7) is 7.20. The van der Waals surface area contributed by atoms with Gasteiger partial charge in [-0.3, -0.25) is 13.9 Å². The monoisotopic (exact) mass is 553 g/mol. The number of rotatable bonds is 12. The molecule has 3 aromatic rings. The second-order valence-electron chi connectivity index (χ2n) is 9.49. The molecule has 0 spiro atoms. The van der Waals surface area contributed by atoms with Gasteiger partial charge in [0.25, 0.3) is 10.0 Å². The van der Waals surface area contributed by atoms with Crippen molar-refractivity contribution in [2.24, 2.45) is 0 Å². The van der Waals surface area contributed by atoms with E-state index in [0.29, 0.717) is 6.42 Å². The lowest BCUT2D eigenvalue weighted by atomic mass is 10.1. The summed E-state index contributed by atoms with van der Waals surface area (Å²) in [4.78, 5) is 28.6. The molecular formula is C30H36FN3O4S. The smallest absolute Gasteiger partial charge is 0.264 e. The molecule has 3 aromatic carbocycles. The third kappa shape index (κ3) is 7.44. The van der Waals surface area contributed by atoms with E-state index in [4.69, 9.17) is 0 Å². The molecule has 0 heterocycles. The standard InChI is InChI=1S/C30H36FN3O4S/c1-5-23(4)32-30(36)28(6-2)33(20-24-13-11-10-12-22(24)3)29(35)21-34(26-14-8-7-9-15-26)39(37,38)27-18-16-25(31)17-19-27/h7-19,23,28H,5-6,20-21H2,1-4H3,(H,32,36)/t23-,28-/m1/s1. The Kier molecular flexibility index (Phi) is 10.2. The van der Waals surface area contributed by atoms with Crippen molar-refractivity contribution >= 4 is 27.5 Å². The molecule has 9 heteroatoms. The number of aryl methyl sites for hydroxylation is 1. The van der Waals surface area contributed by atoms with Crippen LogP contribution in [-0.4, -0.2) is 43.8 Å². The van der Waals surface area contributed by atoms with Crippen LogP contribution in [0, 0.1) is 12.7 Å². The van der Waals surface area contributed by atoms with Gasteiger partial charge in [0.05, 0.1) is 10.6 Å². The van der Waals surface area contributed by atoms with Crippen molar-refractivity contribution in [2.75, 3.05) is 10.8 Å². The minimum absolute atomic E-state index is 0.0818. The third-order valence-electron chi connectivity index (χ3n) is 6.71. The van der Waals surface area contributed by atoms with Crippen LogP contribution < -0.4 is 9.62 Å². The quantitative estimate of drug-likeness (QED) is 0.340. The first-order chi connectivity index (χ1) is 18.6. The van der Waals surface area contributed by atoms with Gasteiger partial charge in [-0.25, -0.2) is 12.8 Å². The maximum absolute atomic E-state index is 14.0. The summed E-state index contributed by atoms with van der Waals surface area (Å²) in [5, 5.41) is 2.96. The first-order valence-corrected chi connectivity index (χ1v) is 14.5. The fourth-order valence-corrected chi connectivity index (χ4v) is 5.60. The van der Waals surface area contributed by atoms with E-state index in [-0.39, 0.29) is 29.1 Å². The van der Waals surface area contributed by atoms with Gasteiger partial charge in [0.1, 0.15) is 18.4 Å². The number of nitrogens with one attached hydrogen (secondary N) is 1. The molecule has 2 amide bonds. The lowest BCUT2D eigenvalue weighted by molar-refractivity contribution is -0.140. The topological polar surface area (TPSA) is 86.8 Å². The van der Waals surface area contributed by atoms with Crippen molar-refractivity contribution < 1.29 is 22.4 Å². The van der Waals surface area contributed by atoms with Gasteiger partial charge in [-0.15, -0.1) is 0 Å². The van der Waals surface area contributed by atoms with Crippen LogP contribution in [0.5, 0.6) is 0 Å². The Bertz CT molecular complexity index is 1360. The molecule has 2 atom stereocenters. The maximum atomic E-state index is 14.0. The number of sulfonamides is 1. The minimum atomic E-state index is -4.24. The zero-order chi connectivity index (χ0) is 28.6. The maximum Gasteiger partial charge on any atom is 0.264 e. The van der Waals surface area contributed by atoms with Crippen LogP contribution in [0.3, 0.4) is 0 Å². The Labute approximate surface area is 230 Å². The fraction of sp³-hybridized carbons (Fsp3) is 0.333. The summed E-state index contributed by atoms with van der Waals surface area (Å²) in [6.07, 6.45) is 1.07. The van der Waals surface area contributed by atoms with Crippen LogP contribution >= 0.6 is 0 Å². The highest BCUT2D eigenvalue weighted by Crippen LogP contribution is 2.25. The molecule has 0 fully saturated rings. The molecule has 0 radical (unpaired) electrons. The highest BCUT2D eigenvalue weighted by molar-refractivity contribution is 7.92. The Hall–Kier alpha value is -3.72. The van der Waals surface area contributed by atoms with Crippen LogP contribution in [0.1, 0.15) is 44.7 Å². The number of hydrogen-bond acceptors (Lipinski definition) is 4. The highest BCUT2D eigenvalue weighted by Gasteiger charge is 2.34. The Morgan fingerprint density at radius 2 is 1.51 bits per heavy atom. The molecule has 0 saturated heterocycles. The number of carbonyl (C=O) groups excluding carboxylic acids is 2. The lowest BCUT2D eigenvalue weighted by Gasteiger charge is -2.34. The van der Waals surface area contributed by atoms with Gasteiger partial charge >= 0.3 is 0 Å². The summed E-state index contributed by atoms with van der Waals surface area (Å²) in [6, 6.07) is 19.4. The molecule has 39 heavy (non-hydrogen) atoms. The number of nitrogens with zero attached hydrogens (tertiary/aromatic N) is 2. The van der Waals surface area contributed by atoms with Gasteiger partial charge in [-0.05, 0) is 74.2 Å². The average Bonchev–Trinajstić information content (AvgIpc) is 2.93. The average molecular weight is 554 g/mol. The van der Waals surface area contributed by atoms with E-state index in [1.807, 2.05) is 52.0 Å². The van der Waals surface area contributed by atoms with Crippen LogP contribution in [-0.2, 0) is 26.2 Å². The molecule has 0 aliphatic rings. The molecular weight excluding hydrogens is 517 g/mol. The van der Waals surface area contributed by atoms with Gasteiger partial charge in [0.2, 0.25) is 11.8 Å². The largest absolute Gasteiger partial charge is 0.352 e. The number of amides is 2. The van der Waals surface area contributed by atoms with Crippen LogP contribution in [0.2, 0.25) is 0 Å². The van der Waals surface area contributed by atoms with E-state index in [9.17, 15) is 22.4 Å². The Morgan fingerprint density at radius 1 is 0.897 bits per heavy atom. The molecule has 208 valence electrons. The Balaban J connectivity index is 2.04. The highest BCUT2D eigenvalue weighted by atomic mass is 32.2. The Morgan fingerprint density at radius 3 is 2.10 bits per heavy atom. The van der Waals surface area contributed by atoms with Crippen LogP contribution in [0.25, 0.3) is 0 Å². The summed E-state index contributed by atoms with van der Waals surface area (Å²) < 4.78 is 42.0. The number of halogens is 1. The van der Waals surface area contributed by atoms with Crippen molar-refractivity contribution in [2.45, 2.75) is 64.1 Å². The molecule has 1 N–H and O–H groups in total. The first kappa shape index (κ1) is 29.8. The zero-order valence-corrected chi connectivity index (χ0v) is 23.6. The summed E-state index contributed by atoms with van der Waals surface area (Å²) in [5.74, 6) is -1.39. The van der Waals surface area contributed by atoms with Crippen molar-refractivity contribution in [1.29, 1.82) is 0 Å². The molecule has 0 aliphatic heterocycles. The van der Waals surface area contributed by atoms with E-state index >= 15 is 0 Å².